The van der Waals surface area contributed by atoms with Crippen LogP contribution in [0.5, 0.6) is 0 Å². The fraction of sp³-hybridized carbons (Fsp3) is 0.533. The van der Waals surface area contributed by atoms with Gasteiger partial charge in [0.25, 0.3) is 5.69 Å². The molecule has 126 valence electrons. The van der Waals surface area contributed by atoms with E-state index in [1.54, 1.807) is 4.90 Å². The fourth-order valence-electron chi connectivity index (χ4n) is 2.72. The van der Waals surface area contributed by atoms with Gasteiger partial charge in [0.05, 0.1) is 15.6 Å². The predicted octanol–water partition coefficient (Wildman–Crippen LogP) is 3.26. The second-order valence-electron chi connectivity index (χ2n) is 5.85. The van der Waals surface area contributed by atoms with Crippen LogP contribution in [0.4, 0.5) is 16.2 Å². The summed E-state index contributed by atoms with van der Waals surface area (Å²) >= 11 is 5.98. The number of nitrogens with one attached hydrogen (secondary N) is 1. The van der Waals surface area contributed by atoms with Crippen molar-refractivity contribution in [1.82, 2.24) is 4.90 Å². The summed E-state index contributed by atoms with van der Waals surface area (Å²) in [6.45, 7) is 3.30. The Bertz CT molecular complexity index is 594. The van der Waals surface area contributed by atoms with E-state index in [9.17, 15) is 20.0 Å². The zero-order valence-electron chi connectivity index (χ0n) is 12.9. The maximum Gasteiger partial charge on any atom is 0.321 e. The van der Waals surface area contributed by atoms with Gasteiger partial charge < -0.3 is 15.3 Å². The lowest BCUT2D eigenvalue weighted by Crippen LogP contribution is -2.46. The third-order valence-corrected chi connectivity index (χ3v) is 4.91. The number of rotatable bonds is 4. The number of nitro groups is 1. The smallest absolute Gasteiger partial charge is 0.321 e. The Balaban J connectivity index is 1.99. The summed E-state index contributed by atoms with van der Waals surface area (Å²) in [7, 11) is 0. The number of amides is 2. The van der Waals surface area contributed by atoms with E-state index >= 15 is 0 Å². The fourth-order valence-corrected chi connectivity index (χ4v) is 2.94. The minimum absolute atomic E-state index is 0.0955. The molecule has 23 heavy (non-hydrogen) atoms. The highest BCUT2D eigenvalue weighted by Gasteiger charge is 2.34. The molecule has 0 bridgehead atoms. The van der Waals surface area contributed by atoms with E-state index in [1.165, 1.54) is 18.2 Å². The van der Waals surface area contributed by atoms with Gasteiger partial charge in [-0.2, -0.15) is 0 Å². The topological polar surface area (TPSA) is 95.7 Å². The Labute approximate surface area is 139 Å². The summed E-state index contributed by atoms with van der Waals surface area (Å²) in [6.07, 6.45) is 2.38. The van der Waals surface area contributed by atoms with E-state index in [0.29, 0.717) is 18.8 Å². The Kier molecular flexibility index (Phi) is 5.43. The second kappa shape index (κ2) is 7.14. The van der Waals surface area contributed by atoms with Gasteiger partial charge in [-0.3, -0.25) is 10.1 Å². The molecule has 1 heterocycles. The van der Waals surface area contributed by atoms with Crippen molar-refractivity contribution in [2.45, 2.75) is 26.2 Å². The Morgan fingerprint density at radius 1 is 1.48 bits per heavy atom. The SMILES string of the molecule is CCC1(CO)CCN(C(=O)Nc2ccc([N+](=O)[O-])cc2Cl)CC1. The number of benzene rings is 1. The number of non-ortho nitro benzene ring substituents is 1. The van der Waals surface area contributed by atoms with Gasteiger partial charge in [0, 0.05) is 31.8 Å². The van der Waals surface area contributed by atoms with Crippen molar-refractivity contribution in [3.05, 3.63) is 33.3 Å². The summed E-state index contributed by atoms with van der Waals surface area (Å²) in [6, 6.07) is 3.64. The van der Waals surface area contributed by atoms with Crippen LogP contribution in [0.25, 0.3) is 0 Å². The number of carbonyl (C=O) groups is 1. The molecule has 2 N–H and O–H groups in total. The quantitative estimate of drug-likeness (QED) is 0.649. The first-order chi connectivity index (χ1) is 10.9. The number of carbonyl (C=O) groups excluding carboxylic acids is 1. The van der Waals surface area contributed by atoms with Crippen LogP contribution in [0.1, 0.15) is 26.2 Å². The molecule has 0 atom stereocenters. The van der Waals surface area contributed by atoms with Gasteiger partial charge in [0.2, 0.25) is 0 Å². The van der Waals surface area contributed by atoms with Crippen molar-refractivity contribution in [2.75, 3.05) is 25.0 Å². The molecule has 1 fully saturated rings. The average molecular weight is 342 g/mol. The molecule has 8 heteroatoms. The number of aliphatic hydroxyl groups excluding tert-OH is 1. The van der Waals surface area contributed by atoms with Crippen molar-refractivity contribution in [3.63, 3.8) is 0 Å². The summed E-state index contributed by atoms with van der Waals surface area (Å²) in [5.41, 5.74) is 0.125. The number of hydrogen-bond donors (Lipinski definition) is 2. The second-order valence-corrected chi connectivity index (χ2v) is 6.26. The highest BCUT2D eigenvalue weighted by molar-refractivity contribution is 6.33. The summed E-state index contributed by atoms with van der Waals surface area (Å²) in [5.74, 6) is 0. The van der Waals surface area contributed by atoms with Crippen LogP contribution in [0.3, 0.4) is 0 Å². The molecule has 0 unspecified atom stereocenters. The van der Waals surface area contributed by atoms with Crippen molar-refractivity contribution in [3.8, 4) is 0 Å². The molecule has 1 aliphatic rings. The third kappa shape index (κ3) is 3.92. The maximum atomic E-state index is 12.3. The van der Waals surface area contributed by atoms with E-state index in [4.69, 9.17) is 11.6 Å². The van der Waals surface area contributed by atoms with E-state index in [0.717, 1.165) is 19.3 Å². The number of piperidine rings is 1. The number of likely N-dealkylation sites (tertiary alicyclic amines) is 1. The van der Waals surface area contributed by atoms with E-state index in [-0.39, 0.29) is 28.8 Å². The van der Waals surface area contributed by atoms with Crippen LogP contribution < -0.4 is 5.32 Å². The van der Waals surface area contributed by atoms with Gasteiger partial charge in [-0.15, -0.1) is 0 Å². The van der Waals surface area contributed by atoms with Gasteiger partial charge >= 0.3 is 6.03 Å². The minimum atomic E-state index is -0.540. The number of halogens is 1. The number of hydrogen-bond acceptors (Lipinski definition) is 4. The summed E-state index contributed by atoms with van der Waals surface area (Å²) in [5, 5.41) is 23.0. The molecule has 2 rings (SSSR count). The molecule has 0 aliphatic carbocycles. The largest absolute Gasteiger partial charge is 0.396 e. The van der Waals surface area contributed by atoms with Gasteiger partial charge in [0.15, 0.2) is 0 Å². The molecule has 2 amide bonds. The van der Waals surface area contributed by atoms with Gasteiger partial charge in [-0.1, -0.05) is 18.5 Å². The Morgan fingerprint density at radius 2 is 2.13 bits per heavy atom. The van der Waals surface area contributed by atoms with Crippen LogP contribution >= 0.6 is 11.6 Å². The van der Waals surface area contributed by atoms with Crippen LogP contribution in [-0.2, 0) is 0 Å². The monoisotopic (exact) mass is 341 g/mol. The first kappa shape index (κ1) is 17.5. The highest BCUT2D eigenvalue weighted by atomic mass is 35.5. The summed E-state index contributed by atoms with van der Waals surface area (Å²) in [4.78, 5) is 24.1. The van der Waals surface area contributed by atoms with Crippen LogP contribution in [0.15, 0.2) is 18.2 Å². The van der Waals surface area contributed by atoms with Crippen LogP contribution in [-0.4, -0.2) is 40.7 Å². The van der Waals surface area contributed by atoms with Crippen molar-refractivity contribution in [2.24, 2.45) is 5.41 Å². The minimum Gasteiger partial charge on any atom is -0.396 e. The average Bonchev–Trinajstić information content (AvgIpc) is 2.56. The first-order valence-corrected chi connectivity index (χ1v) is 7.89. The standard InChI is InChI=1S/C15H20ClN3O4/c1-2-15(10-20)5-7-18(8-6-15)14(21)17-13-4-3-11(19(22)23)9-12(13)16/h3-4,9,20H,2,5-8,10H2,1H3,(H,17,21). The van der Waals surface area contributed by atoms with Gasteiger partial charge in [-0.05, 0) is 30.7 Å². The molecular formula is C15H20ClN3O4. The lowest BCUT2D eigenvalue weighted by Gasteiger charge is -2.40. The van der Waals surface area contributed by atoms with Gasteiger partial charge in [-0.25, -0.2) is 4.79 Å². The van der Waals surface area contributed by atoms with Crippen molar-refractivity contribution >= 4 is 29.0 Å². The highest BCUT2D eigenvalue weighted by Crippen LogP contribution is 2.34. The molecule has 1 aliphatic heterocycles. The Morgan fingerprint density at radius 3 is 2.61 bits per heavy atom. The molecular weight excluding hydrogens is 322 g/mol. The lowest BCUT2D eigenvalue weighted by atomic mass is 9.77. The van der Waals surface area contributed by atoms with Crippen molar-refractivity contribution < 1.29 is 14.8 Å². The Hall–Kier alpha value is -1.86. The number of nitrogens with zero attached hydrogens (tertiary/aromatic N) is 2. The first-order valence-electron chi connectivity index (χ1n) is 7.51. The zero-order valence-corrected chi connectivity index (χ0v) is 13.7. The molecule has 7 nitrogen and oxygen atoms in total. The number of anilines is 1. The number of nitro benzene ring substituents is 1. The number of urea groups is 1. The molecule has 0 spiro atoms. The van der Waals surface area contributed by atoms with E-state index in [2.05, 4.69) is 5.32 Å². The lowest BCUT2D eigenvalue weighted by molar-refractivity contribution is -0.384. The van der Waals surface area contributed by atoms with Crippen LogP contribution in [0.2, 0.25) is 5.02 Å². The normalized spacial score (nSPS) is 16.9. The third-order valence-electron chi connectivity index (χ3n) is 4.60. The molecule has 1 aromatic carbocycles. The van der Waals surface area contributed by atoms with Crippen molar-refractivity contribution in [1.29, 1.82) is 0 Å². The molecule has 1 saturated heterocycles. The van der Waals surface area contributed by atoms with E-state index < -0.39 is 4.92 Å². The number of aliphatic hydroxyl groups is 1. The maximum absolute atomic E-state index is 12.3. The molecule has 0 aromatic heterocycles. The van der Waals surface area contributed by atoms with E-state index in [1.807, 2.05) is 6.92 Å². The molecule has 0 radical (unpaired) electrons. The van der Waals surface area contributed by atoms with Gasteiger partial charge in [0.1, 0.15) is 0 Å². The zero-order chi connectivity index (χ0) is 17.0. The molecule has 1 aromatic rings. The molecule has 0 saturated carbocycles. The predicted molar refractivity (Wildman–Crippen MR) is 87.7 cm³/mol. The van der Waals surface area contributed by atoms with Crippen LogP contribution in [0, 0.1) is 15.5 Å². The summed E-state index contributed by atoms with van der Waals surface area (Å²) < 4.78 is 0.